The Labute approximate surface area is 125 Å². The zero-order chi connectivity index (χ0) is 14.9. The molecule has 1 saturated carbocycles. The van der Waals surface area contributed by atoms with E-state index in [9.17, 15) is 13.2 Å². The second-order valence-corrected chi connectivity index (χ2v) is 7.38. The summed E-state index contributed by atoms with van der Waals surface area (Å²) in [5.41, 5.74) is -0.0901. The molecule has 110 valence electrons. The number of hydrogen-bond acceptors (Lipinski definition) is 4. The molecule has 0 spiro atoms. The van der Waals surface area contributed by atoms with Crippen molar-refractivity contribution in [3.8, 4) is 0 Å². The molecule has 1 aromatic carbocycles. The van der Waals surface area contributed by atoms with E-state index in [1.165, 1.54) is 12.1 Å². The lowest BCUT2D eigenvalue weighted by molar-refractivity contribution is 0.0453. The van der Waals surface area contributed by atoms with Crippen molar-refractivity contribution in [2.45, 2.75) is 23.8 Å². The maximum Gasteiger partial charge on any atom is 0.335 e. The maximum atomic E-state index is 12.2. The average molecular weight is 364 g/mol. The summed E-state index contributed by atoms with van der Waals surface area (Å²) in [4.78, 5) is 10.8. The number of carboxylic acids is 1. The highest BCUT2D eigenvalue weighted by Gasteiger charge is 2.29. The van der Waals surface area contributed by atoms with Crippen LogP contribution in [-0.4, -0.2) is 37.2 Å². The first-order valence-corrected chi connectivity index (χ1v) is 8.28. The summed E-state index contributed by atoms with van der Waals surface area (Å²) in [6.45, 7) is 0.239. The van der Waals surface area contributed by atoms with Crippen LogP contribution in [-0.2, 0) is 10.0 Å². The fourth-order valence-electron chi connectivity index (χ4n) is 2.01. The van der Waals surface area contributed by atoms with Gasteiger partial charge in [-0.3, -0.25) is 0 Å². The number of sulfonamides is 1. The molecule has 0 radical (unpaired) electrons. The number of rotatable bonds is 5. The molecule has 0 saturated heterocycles. The minimum atomic E-state index is -3.78. The largest absolute Gasteiger partial charge is 0.478 e. The van der Waals surface area contributed by atoms with Crippen LogP contribution in [0.1, 0.15) is 23.2 Å². The molecule has 0 heterocycles. The fourth-order valence-corrected chi connectivity index (χ4v) is 4.12. The number of carbonyl (C=O) groups is 1. The van der Waals surface area contributed by atoms with Gasteiger partial charge in [-0.05, 0) is 52.9 Å². The summed E-state index contributed by atoms with van der Waals surface area (Å²) >= 11 is 3.11. The van der Waals surface area contributed by atoms with Gasteiger partial charge in [0.1, 0.15) is 0 Å². The van der Waals surface area contributed by atoms with Crippen LogP contribution in [0.3, 0.4) is 0 Å². The maximum absolute atomic E-state index is 12.2. The molecule has 2 rings (SSSR count). The molecule has 6 nitrogen and oxygen atoms in total. The van der Waals surface area contributed by atoms with Gasteiger partial charge in [0.05, 0.1) is 16.6 Å². The first-order valence-electron chi connectivity index (χ1n) is 6.00. The zero-order valence-corrected chi connectivity index (χ0v) is 12.8. The van der Waals surface area contributed by atoms with Crippen LogP contribution in [0.2, 0.25) is 0 Å². The normalized spacial score (nSPS) is 22.3. The van der Waals surface area contributed by atoms with Crippen molar-refractivity contribution in [3.63, 3.8) is 0 Å². The highest BCUT2D eigenvalue weighted by molar-refractivity contribution is 9.10. The fraction of sp³-hybridized carbons (Fsp3) is 0.417. The van der Waals surface area contributed by atoms with E-state index in [2.05, 4.69) is 20.7 Å². The average Bonchev–Trinajstić information content (AvgIpc) is 2.33. The Morgan fingerprint density at radius 1 is 1.40 bits per heavy atom. The number of aliphatic hydroxyl groups excluding tert-OH is 1. The Kier molecular flexibility index (Phi) is 4.48. The highest BCUT2D eigenvalue weighted by atomic mass is 79.9. The third-order valence-electron chi connectivity index (χ3n) is 3.24. The first kappa shape index (κ1) is 15.4. The minimum absolute atomic E-state index is 0.0901. The van der Waals surface area contributed by atoms with Gasteiger partial charge < -0.3 is 10.2 Å². The molecule has 0 atom stereocenters. The molecule has 1 aliphatic rings. The zero-order valence-electron chi connectivity index (χ0n) is 10.4. The van der Waals surface area contributed by atoms with Gasteiger partial charge >= 0.3 is 5.97 Å². The van der Waals surface area contributed by atoms with E-state index in [-0.39, 0.29) is 29.0 Å². The second-order valence-electron chi connectivity index (χ2n) is 4.79. The van der Waals surface area contributed by atoms with E-state index in [0.717, 1.165) is 6.07 Å². The van der Waals surface area contributed by atoms with Gasteiger partial charge in [0.25, 0.3) is 0 Å². The van der Waals surface area contributed by atoms with Crippen LogP contribution in [0.25, 0.3) is 0 Å². The van der Waals surface area contributed by atoms with Gasteiger partial charge in [0.2, 0.25) is 10.0 Å². The summed E-state index contributed by atoms with van der Waals surface area (Å²) in [6.07, 6.45) is 0.823. The highest BCUT2D eigenvalue weighted by Crippen LogP contribution is 2.28. The van der Waals surface area contributed by atoms with Gasteiger partial charge in [-0.1, -0.05) is 0 Å². The molecular weight excluding hydrogens is 350 g/mol. The van der Waals surface area contributed by atoms with Crippen LogP contribution in [0.4, 0.5) is 0 Å². The molecule has 1 aromatic rings. The van der Waals surface area contributed by atoms with E-state index in [1.807, 2.05) is 0 Å². The lowest BCUT2D eigenvalue weighted by Crippen LogP contribution is -2.38. The van der Waals surface area contributed by atoms with E-state index in [4.69, 9.17) is 10.2 Å². The molecule has 20 heavy (non-hydrogen) atoms. The summed E-state index contributed by atoms with van der Waals surface area (Å²) in [5.74, 6) is -1.06. The van der Waals surface area contributed by atoms with Crippen LogP contribution in [0, 0.1) is 5.92 Å². The van der Waals surface area contributed by atoms with Crippen LogP contribution >= 0.6 is 15.9 Å². The summed E-state index contributed by atoms with van der Waals surface area (Å²) < 4.78 is 27.1. The second kappa shape index (κ2) is 5.80. The van der Waals surface area contributed by atoms with Crippen LogP contribution in [0.5, 0.6) is 0 Å². The molecule has 1 fully saturated rings. The SMILES string of the molecule is O=C(O)c1ccc(Br)c(S(=O)(=O)NCC2CC(O)C2)c1. The number of nitrogens with one attached hydrogen (secondary N) is 1. The summed E-state index contributed by atoms with van der Waals surface area (Å²) in [7, 11) is -3.78. The number of hydrogen-bond donors (Lipinski definition) is 3. The molecule has 0 unspecified atom stereocenters. The van der Waals surface area contributed by atoms with Crippen molar-refractivity contribution < 1.29 is 23.4 Å². The van der Waals surface area contributed by atoms with E-state index in [1.54, 1.807) is 0 Å². The van der Waals surface area contributed by atoms with Gasteiger partial charge in [0, 0.05) is 11.0 Å². The van der Waals surface area contributed by atoms with E-state index < -0.39 is 16.0 Å². The molecule has 3 N–H and O–H groups in total. The van der Waals surface area contributed by atoms with Crippen LogP contribution < -0.4 is 4.72 Å². The predicted octanol–water partition coefficient (Wildman–Crippen LogP) is 1.20. The number of aliphatic hydroxyl groups is 1. The number of halogens is 1. The standard InChI is InChI=1S/C12H14BrNO5S/c13-10-2-1-8(12(16)17)5-11(10)20(18,19)14-6-7-3-9(15)4-7/h1-2,5,7,9,14-15H,3-4,6H2,(H,16,17). The Balaban J connectivity index is 2.16. The van der Waals surface area contributed by atoms with Gasteiger partial charge in [-0.25, -0.2) is 17.9 Å². The lowest BCUT2D eigenvalue weighted by atomic mass is 9.83. The molecule has 8 heteroatoms. The number of benzene rings is 1. The van der Waals surface area contributed by atoms with Gasteiger partial charge in [-0.2, -0.15) is 0 Å². The van der Waals surface area contributed by atoms with E-state index in [0.29, 0.717) is 17.3 Å². The number of aromatic carboxylic acids is 1. The Bertz CT molecular complexity index is 625. The third-order valence-corrected chi connectivity index (χ3v) is 5.66. The Hall–Kier alpha value is -0.960. The Morgan fingerprint density at radius 2 is 2.05 bits per heavy atom. The monoisotopic (exact) mass is 363 g/mol. The van der Waals surface area contributed by atoms with Gasteiger partial charge in [-0.15, -0.1) is 0 Å². The lowest BCUT2D eigenvalue weighted by Gasteiger charge is -2.31. The third kappa shape index (κ3) is 3.38. The smallest absolute Gasteiger partial charge is 0.335 e. The molecule has 0 bridgehead atoms. The first-order chi connectivity index (χ1) is 9.29. The molecule has 0 amide bonds. The van der Waals surface area contributed by atoms with Crippen molar-refractivity contribution in [3.05, 3.63) is 28.2 Å². The summed E-state index contributed by atoms with van der Waals surface area (Å²) in [6, 6.07) is 3.84. The van der Waals surface area contributed by atoms with Crippen molar-refractivity contribution in [1.82, 2.24) is 4.72 Å². The van der Waals surface area contributed by atoms with Crippen LogP contribution in [0.15, 0.2) is 27.6 Å². The Morgan fingerprint density at radius 3 is 2.60 bits per heavy atom. The van der Waals surface area contributed by atoms with Crippen molar-refractivity contribution in [1.29, 1.82) is 0 Å². The van der Waals surface area contributed by atoms with Crippen molar-refractivity contribution in [2.75, 3.05) is 6.54 Å². The molecule has 1 aliphatic carbocycles. The van der Waals surface area contributed by atoms with Crippen molar-refractivity contribution >= 4 is 31.9 Å². The minimum Gasteiger partial charge on any atom is -0.478 e. The van der Waals surface area contributed by atoms with Crippen molar-refractivity contribution in [2.24, 2.45) is 5.92 Å². The quantitative estimate of drug-likeness (QED) is 0.728. The molecule has 0 aromatic heterocycles. The van der Waals surface area contributed by atoms with Gasteiger partial charge in [0.15, 0.2) is 0 Å². The predicted molar refractivity (Wildman–Crippen MR) is 75.0 cm³/mol. The topological polar surface area (TPSA) is 104 Å². The van der Waals surface area contributed by atoms with E-state index >= 15 is 0 Å². The number of carboxylic acid groups (broad SMARTS) is 1. The summed E-state index contributed by atoms with van der Waals surface area (Å²) in [5, 5.41) is 18.1. The molecule has 0 aliphatic heterocycles. The molecular formula is C12H14BrNO5S.